The lowest BCUT2D eigenvalue weighted by molar-refractivity contribution is 0.210. The summed E-state index contributed by atoms with van der Waals surface area (Å²) in [7, 11) is 0. The molecule has 0 aliphatic rings. The van der Waals surface area contributed by atoms with Crippen LogP contribution >= 0.6 is 0 Å². The summed E-state index contributed by atoms with van der Waals surface area (Å²) < 4.78 is 0. The number of nitrogens with two attached hydrogens (primary N) is 1. The molecule has 1 aromatic carbocycles. The summed E-state index contributed by atoms with van der Waals surface area (Å²) in [6.45, 7) is 3.45. The van der Waals surface area contributed by atoms with Crippen LogP contribution in [0.15, 0.2) is 18.2 Å². The number of nitriles is 1. The molecule has 0 fully saturated rings. The van der Waals surface area contributed by atoms with Gasteiger partial charge in [-0.25, -0.2) is 0 Å². The zero-order valence-electron chi connectivity index (χ0n) is 8.41. The fourth-order valence-electron chi connectivity index (χ4n) is 1.33. The van der Waals surface area contributed by atoms with Crippen molar-refractivity contribution in [1.29, 1.82) is 5.26 Å². The second-order valence-corrected chi connectivity index (χ2v) is 3.74. The van der Waals surface area contributed by atoms with E-state index in [1.54, 1.807) is 19.1 Å². The molecule has 1 unspecified atom stereocenters. The average Bonchev–Trinajstić information content (AvgIpc) is 2.17. The van der Waals surface area contributed by atoms with E-state index in [0.29, 0.717) is 11.1 Å². The van der Waals surface area contributed by atoms with Crippen molar-refractivity contribution in [3.8, 4) is 6.07 Å². The third-order valence-corrected chi connectivity index (χ3v) is 2.24. The number of hydrogen-bond acceptors (Lipinski definition) is 3. The van der Waals surface area contributed by atoms with Crippen LogP contribution in [0.2, 0.25) is 0 Å². The van der Waals surface area contributed by atoms with Gasteiger partial charge in [-0.3, -0.25) is 0 Å². The number of hydrogen-bond donors (Lipinski definition) is 2. The molecule has 0 saturated carbocycles. The highest BCUT2D eigenvalue weighted by Gasteiger charge is 2.23. The minimum absolute atomic E-state index is 0.176. The van der Waals surface area contributed by atoms with Gasteiger partial charge >= 0.3 is 0 Å². The van der Waals surface area contributed by atoms with E-state index in [9.17, 15) is 0 Å². The van der Waals surface area contributed by atoms with Gasteiger partial charge in [-0.05, 0) is 31.0 Å². The maximum atomic E-state index is 9.10. The molecule has 3 N–H and O–H groups in total. The minimum Gasteiger partial charge on any atom is -0.394 e. The number of rotatable bonds is 2. The first kappa shape index (κ1) is 10.7. The van der Waals surface area contributed by atoms with E-state index in [0.717, 1.165) is 5.56 Å². The maximum absolute atomic E-state index is 9.10. The molecule has 0 amide bonds. The van der Waals surface area contributed by atoms with E-state index >= 15 is 0 Å². The van der Waals surface area contributed by atoms with Gasteiger partial charge < -0.3 is 10.8 Å². The molecule has 3 nitrogen and oxygen atoms in total. The van der Waals surface area contributed by atoms with Gasteiger partial charge in [0.25, 0.3) is 0 Å². The Morgan fingerprint density at radius 1 is 1.57 bits per heavy atom. The second-order valence-electron chi connectivity index (χ2n) is 3.74. The molecule has 0 bridgehead atoms. The molecule has 3 heteroatoms. The van der Waals surface area contributed by atoms with Gasteiger partial charge in [0.2, 0.25) is 0 Å². The highest BCUT2D eigenvalue weighted by molar-refractivity contribution is 5.43. The zero-order chi connectivity index (χ0) is 10.8. The first-order chi connectivity index (χ1) is 6.51. The number of benzene rings is 1. The summed E-state index contributed by atoms with van der Waals surface area (Å²) in [5.41, 5.74) is 7.25. The molecule has 0 radical (unpaired) electrons. The summed E-state index contributed by atoms with van der Waals surface area (Å²) in [6, 6.07) is 7.54. The Balaban J connectivity index is 3.29. The molecule has 74 valence electrons. The maximum Gasteiger partial charge on any atom is 0.0995 e. The van der Waals surface area contributed by atoms with Gasteiger partial charge in [0, 0.05) is 0 Å². The van der Waals surface area contributed by atoms with Crippen LogP contribution < -0.4 is 5.73 Å². The molecule has 0 aromatic heterocycles. The van der Waals surface area contributed by atoms with Crippen LogP contribution in [0.1, 0.15) is 23.6 Å². The molecule has 0 spiro atoms. The van der Waals surface area contributed by atoms with E-state index in [-0.39, 0.29) is 6.61 Å². The standard InChI is InChI=1S/C11H14N2O/c1-8-3-4-10(9(5-8)6-12)11(2,13)7-14/h3-5,14H,7,13H2,1-2H3. The van der Waals surface area contributed by atoms with Gasteiger partial charge in [-0.1, -0.05) is 12.1 Å². The van der Waals surface area contributed by atoms with Crippen LogP contribution in [-0.4, -0.2) is 11.7 Å². The van der Waals surface area contributed by atoms with Crippen molar-refractivity contribution >= 4 is 0 Å². The molecule has 0 saturated heterocycles. The average molecular weight is 190 g/mol. The fraction of sp³-hybridized carbons (Fsp3) is 0.364. The molecule has 14 heavy (non-hydrogen) atoms. The van der Waals surface area contributed by atoms with Crippen LogP contribution in [0, 0.1) is 18.3 Å². The summed E-state index contributed by atoms with van der Waals surface area (Å²) >= 11 is 0. The Morgan fingerprint density at radius 2 is 2.21 bits per heavy atom. The fourth-order valence-corrected chi connectivity index (χ4v) is 1.33. The normalized spacial score (nSPS) is 14.5. The van der Waals surface area contributed by atoms with Crippen molar-refractivity contribution in [2.45, 2.75) is 19.4 Å². The first-order valence-electron chi connectivity index (χ1n) is 4.42. The Bertz CT molecular complexity index is 377. The smallest absolute Gasteiger partial charge is 0.0995 e. The number of aliphatic hydroxyl groups excluding tert-OH is 1. The highest BCUT2D eigenvalue weighted by atomic mass is 16.3. The van der Waals surface area contributed by atoms with Crippen molar-refractivity contribution in [3.63, 3.8) is 0 Å². The van der Waals surface area contributed by atoms with Crippen LogP contribution in [0.5, 0.6) is 0 Å². The Labute approximate surface area is 83.8 Å². The molecule has 0 aliphatic heterocycles. The van der Waals surface area contributed by atoms with Crippen LogP contribution in [0.4, 0.5) is 0 Å². The van der Waals surface area contributed by atoms with E-state index in [2.05, 4.69) is 6.07 Å². The Hall–Kier alpha value is -1.37. The van der Waals surface area contributed by atoms with Crippen molar-refractivity contribution in [2.75, 3.05) is 6.61 Å². The van der Waals surface area contributed by atoms with Crippen LogP contribution in [-0.2, 0) is 5.54 Å². The molecule has 0 aliphatic carbocycles. The van der Waals surface area contributed by atoms with Crippen LogP contribution in [0.3, 0.4) is 0 Å². The monoisotopic (exact) mass is 190 g/mol. The summed E-state index contributed by atoms with van der Waals surface area (Å²) in [5.74, 6) is 0. The molecule has 1 aromatic rings. The Morgan fingerprint density at radius 3 is 2.71 bits per heavy atom. The van der Waals surface area contributed by atoms with E-state index < -0.39 is 5.54 Å². The largest absolute Gasteiger partial charge is 0.394 e. The topological polar surface area (TPSA) is 70.0 Å². The van der Waals surface area contributed by atoms with E-state index in [4.69, 9.17) is 16.1 Å². The molecular weight excluding hydrogens is 176 g/mol. The van der Waals surface area contributed by atoms with Gasteiger partial charge in [0.1, 0.15) is 0 Å². The van der Waals surface area contributed by atoms with Crippen molar-refractivity contribution in [2.24, 2.45) is 5.73 Å². The predicted molar refractivity (Wildman–Crippen MR) is 54.5 cm³/mol. The molecule has 0 heterocycles. The number of nitrogens with zero attached hydrogens (tertiary/aromatic N) is 1. The number of aryl methyl sites for hydroxylation is 1. The van der Waals surface area contributed by atoms with Crippen molar-refractivity contribution in [1.82, 2.24) is 0 Å². The minimum atomic E-state index is -0.848. The third kappa shape index (κ3) is 1.92. The number of aliphatic hydroxyl groups is 1. The second kappa shape index (κ2) is 3.79. The van der Waals surface area contributed by atoms with Gasteiger partial charge in [-0.15, -0.1) is 0 Å². The van der Waals surface area contributed by atoms with Crippen molar-refractivity contribution < 1.29 is 5.11 Å². The highest BCUT2D eigenvalue weighted by Crippen LogP contribution is 2.21. The molecule has 1 atom stereocenters. The predicted octanol–water partition coefficient (Wildman–Crippen LogP) is 1.03. The van der Waals surface area contributed by atoms with Crippen molar-refractivity contribution in [3.05, 3.63) is 34.9 Å². The van der Waals surface area contributed by atoms with E-state index in [1.807, 2.05) is 13.0 Å². The summed E-state index contributed by atoms with van der Waals surface area (Å²) in [4.78, 5) is 0. The SMILES string of the molecule is Cc1ccc(C(C)(N)CO)c(C#N)c1. The third-order valence-electron chi connectivity index (χ3n) is 2.24. The molecule has 1 rings (SSSR count). The van der Waals surface area contributed by atoms with E-state index in [1.165, 1.54) is 0 Å². The quantitative estimate of drug-likeness (QED) is 0.731. The van der Waals surface area contributed by atoms with Gasteiger partial charge in [-0.2, -0.15) is 5.26 Å². The van der Waals surface area contributed by atoms with Crippen LogP contribution in [0.25, 0.3) is 0 Å². The molecular formula is C11H14N2O. The summed E-state index contributed by atoms with van der Waals surface area (Å²) in [5, 5.41) is 18.0. The lowest BCUT2D eigenvalue weighted by Crippen LogP contribution is -2.37. The van der Waals surface area contributed by atoms with Gasteiger partial charge in [0.05, 0.1) is 23.8 Å². The Kier molecular flexibility index (Phi) is 2.90. The first-order valence-corrected chi connectivity index (χ1v) is 4.42. The lowest BCUT2D eigenvalue weighted by Gasteiger charge is -2.23. The lowest BCUT2D eigenvalue weighted by atomic mass is 9.89. The van der Waals surface area contributed by atoms with Gasteiger partial charge in [0.15, 0.2) is 0 Å². The zero-order valence-corrected chi connectivity index (χ0v) is 8.41. The summed E-state index contributed by atoms with van der Waals surface area (Å²) in [6.07, 6.45) is 0.